The lowest BCUT2D eigenvalue weighted by molar-refractivity contribution is 0.442. The number of thiophene rings is 1. The fourth-order valence-electron chi connectivity index (χ4n) is 1.46. The quantitative estimate of drug-likeness (QED) is 0.795. The van der Waals surface area contributed by atoms with Crippen LogP contribution in [0.5, 0.6) is 0 Å². The molecule has 0 fully saturated rings. The van der Waals surface area contributed by atoms with Crippen LogP contribution in [0.1, 0.15) is 36.9 Å². The molecule has 0 saturated carbocycles. The summed E-state index contributed by atoms with van der Waals surface area (Å²) in [5.74, 6) is 0.627. The van der Waals surface area contributed by atoms with Crippen molar-refractivity contribution in [3.05, 3.63) is 21.9 Å². The minimum Gasteiger partial charge on any atom is -0.327 e. The van der Waals surface area contributed by atoms with E-state index >= 15 is 0 Å². The Hall–Kier alpha value is -0.340. The molecule has 2 heteroatoms. The first-order valence-corrected chi connectivity index (χ1v) is 6.32. The molecule has 2 atom stereocenters. The smallest absolute Gasteiger partial charge is 0.0113 e. The Balaban J connectivity index is 2.51. The van der Waals surface area contributed by atoms with Crippen molar-refractivity contribution < 1.29 is 0 Å². The number of nitrogens with two attached hydrogens (primary N) is 1. The van der Waals surface area contributed by atoms with Gasteiger partial charge in [0.25, 0.3) is 0 Å². The summed E-state index contributed by atoms with van der Waals surface area (Å²) in [6.45, 7) is 6.64. The zero-order valence-electron chi connectivity index (χ0n) is 9.42. The molecule has 0 aliphatic heterocycles. The van der Waals surface area contributed by atoms with Gasteiger partial charge in [0, 0.05) is 15.8 Å². The Kier molecular flexibility index (Phi) is 4.63. The van der Waals surface area contributed by atoms with Crippen LogP contribution in [-0.4, -0.2) is 6.04 Å². The van der Waals surface area contributed by atoms with Gasteiger partial charge in [-0.1, -0.05) is 27.2 Å². The molecule has 2 N–H and O–H groups in total. The van der Waals surface area contributed by atoms with E-state index in [0.717, 1.165) is 12.8 Å². The topological polar surface area (TPSA) is 26.0 Å². The van der Waals surface area contributed by atoms with E-state index in [1.165, 1.54) is 16.2 Å². The standard InChI is InChI=1S/C12H21NS/c1-4-9(3)12(13)8-11-7-6-10(5-2)14-11/h6-7,9,12H,4-5,8,13H2,1-3H3. The van der Waals surface area contributed by atoms with Gasteiger partial charge in [-0.05, 0) is 30.9 Å². The van der Waals surface area contributed by atoms with Crippen LogP contribution in [0.25, 0.3) is 0 Å². The van der Waals surface area contributed by atoms with Crippen molar-refractivity contribution in [2.45, 2.75) is 46.1 Å². The molecule has 0 aliphatic rings. The third kappa shape index (κ3) is 3.10. The molecule has 1 nitrogen and oxygen atoms in total. The van der Waals surface area contributed by atoms with E-state index in [-0.39, 0.29) is 0 Å². The highest BCUT2D eigenvalue weighted by Crippen LogP contribution is 2.20. The van der Waals surface area contributed by atoms with Crippen LogP contribution in [-0.2, 0) is 12.8 Å². The van der Waals surface area contributed by atoms with E-state index in [1.807, 2.05) is 11.3 Å². The van der Waals surface area contributed by atoms with Gasteiger partial charge in [0.15, 0.2) is 0 Å². The van der Waals surface area contributed by atoms with Crippen LogP contribution >= 0.6 is 11.3 Å². The molecule has 1 rings (SSSR count). The summed E-state index contributed by atoms with van der Waals surface area (Å²) in [5, 5.41) is 0. The number of hydrogen-bond acceptors (Lipinski definition) is 2. The van der Waals surface area contributed by atoms with Gasteiger partial charge in [0.2, 0.25) is 0 Å². The van der Waals surface area contributed by atoms with Crippen molar-refractivity contribution in [2.24, 2.45) is 11.7 Å². The van der Waals surface area contributed by atoms with Crippen molar-refractivity contribution >= 4 is 11.3 Å². The first-order chi connectivity index (χ1) is 6.67. The Morgan fingerprint density at radius 2 is 1.93 bits per heavy atom. The summed E-state index contributed by atoms with van der Waals surface area (Å²) >= 11 is 1.91. The van der Waals surface area contributed by atoms with Gasteiger partial charge in [0.05, 0.1) is 0 Å². The Morgan fingerprint density at radius 3 is 2.43 bits per heavy atom. The highest BCUT2D eigenvalue weighted by atomic mass is 32.1. The normalized spacial score (nSPS) is 15.4. The van der Waals surface area contributed by atoms with E-state index in [0.29, 0.717) is 12.0 Å². The highest BCUT2D eigenvalue weighted by Gasteiger charge is 2.12. The molecule has 0 saturated heterocycles. The van der Waals surface area contributed by atoms with Crippen molar-refractivity contribution in [3.63, 3.8) is 0 Å². The molecule has 14 heavy (non-hydrogen) atoms. The van der Waals surface area contributed by atoms with E-state index in [9.17, 15) is 0 Å². The Labute approximate surface area is 91.3 Å². The monoisotopic (exact) mass is 211 g/mol. The third-order valence-electron chi connectivity index (χ3n) is 2.88. The van der Waals surface area contributed by atoms with Gasteiger partial charge in [-0.25, -0.2) is 0 Å². The molecule has 1 aromatic heterocycles. The Morgan fingerprint density at radius 1 is 1.29 bits per heavy atom. The summed E-state index contributed by atoms with van der Waals surface area (Å²) in [4.78, 5) is 2.91. The average molecular weight is 211 g/mol. The number of rotatable bonds is 5. The van der Waals surface area contributed by atoms with Gasteiger partial charge in [-0.3, -0.25) is 0 Å². The SMILES string of the molecule is CCc1ccc(CC(N)C(C)CC)s1. The first-order valence-electron chi connectivity index (χ1n) is 5.50. The van der Waals surface area contributed by atoms with E-state index < -0.39 is 0 Å². The van der Waals surface area contributed by atoms with Gasteiger partial charge in [-0.15, -0.1) is 11.3 Å². The van der Waals surface area contributed by atoms with E-state index in [4.69, 9.17) is 5.73 Å². The molecule has 0 amide bonds. The summed E-state index contributed by atoms with van der Waals surface area (Å²) in [6.07, 6.45) is 3.36. The molecule has 0 bridgehead atoms. The molecular formula is C12H21NS. The summed E-state index contributed by atoms with van der Waals surface area (Å²) in [7, 11) is 0. The summed E-state index contributed by atoms with van der Waals surface area (Å²) in [5.41, 5.74) is 6.12. The van der Waals surface area contributed by atoms with Crippen LogP contribution in [0.15, 0.2) is 12.1 Å². The minimum absolute atomic E-state index is 0.323. The second kappa shape index (κ2) is 5.52. The molecule has 1 aromatic rings. The van der Waals surface area contributed by atoms with Gasteiger partial charge < -0.3 is 5.73 Å². The minimum atomic E-state index is 0.323. The molecule has 0 radical (unpaired) electrons. The zero-order chi connectivity index (χ0) is 10.6. The molecule has 2 unspecified atom stereocenters. The van der Waals surface area contributed by atoms with Gasteiger partial charge in [0.1, 0.15) is 0 Å². The molecule has 0 spiro atoms. The predicted octanol–water partition coefficient (Wildman–Crippen LogP) is 3.23. The average Bonchev–Trinajstić information content (AvgIpc) is 2.64. The lowest BCUT2D eigenvalue weighted by atomic mass is 9.97. The van der Waals surface area contributed by atoms with Crippen LogP contribution < -0.4 is 5.73 Å². The lowest BCUT2D eigenvalue weighted by Gasteiger charge is -2.16. The fourth-order valence-corrected chi connectivity index (χ4v) is 2.49. The maximum atomic E-state index is 6.12. The molecule has 80 valence electrons. The van der Waals surface area contributed by atoms with Crippen molar-refractivity contribution in [1.82, 2.24) is 0 Å². The van der Waals surface area contributed by atoms with Crippen molar-refractivity contribution in [2.75, 3.05) is 0 Å². The maximum absolute atomic E-state index is 6.12. The van der Waals surface area contributed by atoms with Crippen LogP contribution in [0.3, 0.4) is 0 Å². The molecule has 0 aromatic carbocycles. The second-order valence-electron chi connectivity index (χ2n) is 3.98. The maximum Gasteiger partial charge on any atom is 0.0113 e. The first kappa shape index (κ1) is 11.7. The predicted molar refractivity (Wildman–Crippen MR) is 64.8 cm³/mol. The van der Waals surface area contributed by atoms with Gasteiger partial charge >= 0.3 is 0 Å². The third-order valence-corrected chi connectivity index (χ3v) is 4.13. The second-order valence-corrected chi connectivity index (χ2v) is 5.23. The van der Waals surface area contributed by atoms with Crippen LogP contribution in [0.4, 0.5) is 0 Å². The molecule has 1 heterocycles. The Bertz CT molecular complexity index is 267. The highest BCUT2D eigenvalue weighted by molar-refractivity contribution is 7.11. The fraction of sp³-hybridized carbons (Fsp3) is 0.667. The summed E-state index contributed by atoms with van der Waals surface area (Å²) < 4.78 is 0. The van der Waals surface area contributed by atoms with Crippen molar-refractivity contribution in [3.8, 4) is 0 Å². The molecule has 0 aliphatic carbocycles. The van der Waals surface area contributed by atoms with Crippen molar-refractivity contribution in [1.29, 1.82) is 0 Å². The van der Waals surface area contributed by atoms with Gasteiger partial charge in [-0.2, -0.15) is 0 Å². The number of hydrogen-bond donors (Lipinski definition) is 1. The van der Waals surface area contributed by atoms with E-state index in [1.54, 1.807) is 0 Å². The zero-order valence-corrected chi connectivity index (χ0v) is 10.2. The molecular weight excluding hydrogens is 190 g/mol. The van der Waals surface area contributed by atoms with Crippen LogP contribution in [0, 0.1) is 5.92 Å². The lowest BCUT2D eigenvalue weighted by Crippen LogP contribution is -2.29. The van der Waals surface area contributed by atoms with Crippen LogP contribution in [0.2, 0.25) is 0 Å². The summed E-state index contributed by atoms with van der Waals surface area (Å²) in [6, 6.07) is 4.78. The largest absolute Gasteiger partial charge is 0.327 e. The van der Waals surface area contributed by atoms with E-state index in [2.05, 4.69) is 32.9 Å². The number of aryl methyl sites for hydroxylation is 1.